The molecule has 1 aliphatic carbocycles. The molecular formula is C67H43NS2. The summed E-state index contributed by atoms with van der Waals surface area (Å²) < 4.78 is 5.28. The summed E-state index contributed by atoms with van der Waals surface area (Å²) in [5.74, 6) is 0. The second kappa shape index (κ2) is 16.4. The standard InChI is InChI=1S/C67H43NS2/c1-3-20-48(21-4-1)67(49-22-5-2-6-23-49)61-32-10-7-25-55(61)60-43-52(39-40-62(60)67)68(51-24-14-19-47(42-51)54-29-16-31-59-57-27-9-12-34-64(57)70-66(54)59)50-37-35-44(36-38-50)45-17-13-18-46(41-45)53-28-15-30-58-56-26-8-11-33-63(56)69-65(53)58/h1-43H. The van der Waals surface area contributed by atoms with Gasteiger partial charge in [-0.25, -0.2) is 0 Å². The number of anilines is 3. The van der Waals surface area contributed by atoms with E-state index in [2.05, 4.69) is 266 Å². The monoisotopic (exact) mass is 925 g/mol. The fraction of sp³-hybridized carbons (Fsp3) is 0.0149. The lowest BCUT2D eigenvalue weighted by atomic mass is 9.68. The molecule has 0 amide bonds. The molecule has 11 aromatic carbocycles. The van der Waals surface area contributed by atoms with E-state index >= 15 is 0 Å². The first-order valence-corrected chi connectivity index (χ1v) is 25.6. The molecule has 14 rings (SSSR count). The highest BCUT2D eigenvalue weighted by Gasteiger charge is 2.46. The third kappa shape index (κ3) is 6.36. The molecule has 0 N–H and O–H groups in total. The number of hydrogen-bond acceptors (Lipinski definition) is 3. The van der Waals surface area contributed by atoms with Gasteiger partial charge in [-0.2, -0.15) is 0 Å². The van der Waals surface area contributed by atoms with E-state index in [1.807, 2.05) is 22.7 Å². The first kappa shape index (κ1) is 40.7. The second-order valence-electron chi connectivity index (χ2n) is 18.3. The highest BCUT2D eigenvalue weighted by atomic mass is 32.1. The van der Waals surface area contributed by atoms with Crippen molar-refractivity contribution in [2.45, 2.75) is 5.41 Å². The lowest BCUT2D eigenvalue weighted by molar-refractivity contribution is 0.768. The van der Waals surface area contributed by atoms with Crippen LogP contribution < -0.4 is 4.90 Å². The summed E-state index contributed by atoms with van der Waals surface area (Å²) in [6.07, 6.45) is 0. The van der Waals surface area contributed by atoms with Crippen LogP contribution >= 0.6 is 22.7 Å². The van der Waals surface area contributed by atoms with Crippen LogP contribution in [0.1, 0.15) is 22.3 Å². The van der Waals surface area contributed by atoms with Crippen LogP contribution in [0.3, 0.4) is 0 Å². The quantitative estimate of drug-likeness (QED) is 0.147. The van der Waals surface area contributed by atoms with Gasteiger partial charge in [-0.15, -0.1) is 22.7 Å². The number of rotatable bonds is 8. The Labute approximate surface area is 415 Å². The molecule has 0 aliphatic heterocycles. The normalized spacial score (nSPS) is 12.7. The molecule has 0 radical (unpaired) electrons. The minimum absolute atomic E-state index is 0.473. The minimum Gasteiger partial charge on any atom is -0.310 e. The largest absolute Gasteiger partial charge is 0.310 e. The van der Waals surface area contributed by atoms with Crippen molar-refractivity contribution >= 4 is 80.1 Å². The molecule has 0 fully saturated rings. The van der Waals surface area contributed by atoms with Crippen molar-refractivity contribution in [1.82, 2.24) is 0 Å². The Hall–Kier alpha value is -8.34. The van der Waals surface area contributed by atoms with E-state index in [1.165, 1.54) is 107 Å². The topological polar surface area (TPSA) is 3.24 Å². The summed E-state index contributed by atoms with van der Waals surface area (Å²) in [7, 11) is 0. The molecule has 1 aliphatic rings. The van der Waals surface area contributed by atoms with Gasteiger partial charge in [0.25, 0.3) is 0 Å². The van der Waals surface area contributed by atoms with Crippen molar-refractivity contribution in [3.63, 3.8) is 0 Å². The molecule has 328 valence electrons. The number of nitrogens with zero attached hydrogens (tertiary/aromatic N) is 1. The zero-order chi connectivity index (χ0) is 46.2. The van der Waals surface area contributed by atoms with Gasteiger partial charge in [-0.05, 0) is 121 Å². The first-order valence-electron chi connectivity index (χ1n) is 24.0. The van der Waals surface area contributed by atoms with Crippen LogP contribution in [0, 0.1) is 0 Å². The Bertz CT molecular complexity index is 4090. The molecule has 0 atom stereocenters. The number of fused-ring (bicyclic) bond motifs is 9. The van der Waals surface area contributed by atoms with Gasteiger partial charge in [-0.3, -0.25) is 0 Å². The molecule has 0 spiro atoms. The van der Waals surface area contributed by atoms with Gasteiger partial charge in [0, 0.05) is 57.4 Å². The van der Waals surface area contributed by atoms with Crippen molar-refractivity contribution in [1.29, 1.82) is 0 Å². The number of hydrogen-bond donors (Lipinski definition) is 0. The summed E-state index contributed by atoms with van der Waals surface area (Å²) in [5, 5.41) is 5.25. The summed E-state index contributed by atoms with van der Waals surface area (Å²) in [6, 6.07) is 96.7. The minimum atomic E-state index is -0.473. The van der Waals surface area contributed by atoms with E-state index in [0.29, 0.717) is 0 Å². The van der Waals surface area contributed by atoms with Crippen LogP contribution in [0.2, 0.25) is 0 Å². The van der Waals surface area contributed by atoms with Gasteiger partial charge in [0.1, 0.15) is 0 Å². The zero-order valence-corrected chi connectivity index (χ0v) is 39.7. The van der Waals surface area contributed by atoms with Gasteiger partial charge in [0.2, 0.25) is 0 Å². The Morgan fingerprint density at radius 1 is 0.271 bits per heavy atom. The van der Waals surface area contributed by atoms with Crippen LogP contribution in [0.25, 0.3) is 84.9 Å². The van der Waals surface area contributed by atoms with Crippen molar-refractivity contribution < 1.29 is 0 Å². The van der Waals surface area contributed by atoms with E-state index in [9.17, 15) is 0 Å². The zero-order valence-electron chi connectivity index (χ0n) is 38.1. The summed E-state index contributed by atoms with van der Waals surface area (Å²) >= 11 is 3.76. The molecule has 3 heteroatoms. The average Bonchev–Trinajstić information content (AvgIpc) is 4.11. The van der Waals surface area contributed by atoms with Gasteiger partial charge in [0.15, 0.2) is 0 Å². The predicted molar refractivity (Wildman–Crippen MR) is 301 cm³/mol. The number of benzene rings is 11. The van der Waals surface area contributed by atoms with Crippen LogP contribution in [0.5, 0.6) is 0 Å². The smallest absolute Gasteiger partial charge is 0.0713 e. The summed E-state index contributed by atoms with van der Waals surface area (Å²) in [6.45, 7) is 0. The van der Waals surface area contributed by atoms with Crippen LogP contribution in [-0.2, 0) is 5.41 Å². The molecule has 13 aromatic rings. The molecule has 1 nitrogen and oxygen atoms in total. The Morgan fingerprint density at radius 2 is 0.743 bits per heavy atom. The van der Waals surface area contributed by atoms with Crippen LogP contribution in [-0.4, -0.2) is 0 Å². The molecule has 0 saturated carbocycles. The molecule has 0 saturated heterocycles. The predicted octanol–water partition coefficient (Wildman–Crippen LogP) is 19.3. The summed E-state index contributed by atoms with van der Waals surface area (Å²) in [5.41, 5.74) is 17.8. The van der Waals surface area contributed by atoms with Gasteiger partial charge in [0.05, 0.1) is 5.41 Å². The maximum Gasteiger partial charge on any atom is 0.0713 e. The summed E-state index contributed by atoms with van der Waals surface area (Å²) in [4.78, 5) is 2.45. The van der Waals surface area contributed by atoms with E-state index < -0.39 is 5.41 Å². The maximum absolute atomic E-state index is 2.45. The van der Waals surface area contributed by atoms with Gasteiger partial charge >= 0.3 is 0 Å². The average molecular weight is 926 g/mol. The van der Waals surface area contributed by atoms with Crippen molar-refractivity contribution in [3.8, 4) is 44.5 Å². The molecule has 2 heterocycles. The molecule has 2 aromatic heterocycles. The Balaban J connectivity index is 0.925. The van der Waals surface area contributed by atoms with E-state index in [-0.39, 0.29) is 0 Å². The lowest BCUT2D eigenvalue weighted by Crippen LogP contribution is -2.28. The van der Waals surface area contributed by atoms with E-state index in [0.717, 1.165) is 17.1 Å². The highest BCUT2D eigenvalue weighted by Crippen LogP contribution is 2.57. The second-order valence-corrected chi connectivity index (χ2v) is 20.4. The third-order valence-electron chi connectivity index (χ3n) is 14.6. The van der Waals surface area contributed by atoms with Crippen molar-refractivity contribution in [2.24, 2.45) is 0 Å². The molecule has 0 unspecified atom stereocenters. The van der Waals surface area contributed by atoms with Crippen molar-refractivity contribution in [2.75, 3.05) is 4.90 Å². The van der Waals surface area contributed by atoms with Crippen molar-refractivity contribution in [3.05, 3.63) is 283 Å². The Kier molecular flexibility index (Phi) is 9.55. The molecule has 0 bridgehead atoms. The number of thiophene rings is 2. The molecular weight excluding hydrogens is 883 g/mol. The van der Waals surface area contributed by atoms with E-state index in [4.69, 9.17) is 0 Å². The fourth-order valence-corrected chi connectivity index (χ4v) is 13.9. The molecule has 70 heavy (non-hydrogen) atoms. The lowest BCUT2D eigenvalue weighted by Gasteiger charge is -2.34. The van der Waals surface area contributed by atoms with Crippen LogP contribution in [0.15, 0.2) is 261 Å². The SMILES string of the molecule is c1ccc(C2(c3ccccc3)c3ccccc3-c3cc(N(c4ccc(-c5cccc(-c6cccc7c6sc6ccccc67)c5)cc4)c4cccc(-c5cccc6c5sc5ccccc56)c4)ccc32)cc1. The van der Waals surface area contributed by atoms with E-state index in [1.54, 1.807) is 0 Å². The maximum atomic E-state index is 2.45. The Morgan fingerprint density at radius 3 is 1.40 bits per heavy atom. The van der Waals surface area contributed by atoms with Gasteiger partial charge < -0.3 is 4.90 Å². The first-order chi connectivity index (χ1) is 34.7. The van der Waals surface area contributed by atoms with Crippen LogP contribution in [0.4, 0.5) is 17.1 Å². The highest BCUT2D eigenvalue weighted by molar-refractivity contribution is 7.26. The van der Waals surface area contributed by atoms with Gasteiger partial charge in [-0.1, -0.05) is 206 Å². The fourth-order valence-electron chi connectivity index (χ4n) is 11.5. The third-order valence-corrected chi connectivity index (χ3v) is 17.0.